The van der Waals surface area contributed by atoms with E-state index in [1.165, 1.54) is 31.5 Å². The third kappa shape index (κ3) is 6.96. The number of hydrogen-bond donors (Lipinski definition) is 2. The number of benzene rings is 1. The summed E-state index contributed by atoms with van der Waals surface area (Å²) >= 11 is 0. The lowest BCUT2D eigenvalue weighted by molar-refractivity contribution is -0.192. The van der Waals surface area contributed by atoms with Crippen molar-refractivity contribution in [3.05, 3.63) is 48.0 Å². The average Bonchev–Trinajstić information content (AvgIpc) is 3.32. The molecule has 0 radical (unpaired) electrons. The molecule has 3 aliphatic rings. The van der Waals surface area contributed by atoms with Gasteiger partial charge in [0.15, 0.2) is 5.82 Å². The molecule has 2 N–H and O–H groups in total. The third-order valence-corrected chi connectivity index (χ3v) is 8.22. The second kappa shape index (κ2) is 12.7. The van der Waals surface area contributed by atoms with Gasteiger partial charge in [-0.2, -0.15) is 13.2 Å². The van der Waals surface area contributed by atoms with Crippen LogP contribution in [0.15, 0.2) is 35.2 Å². The number of ether oxygens (including phenoxy) is 1. The Balaban J connectivity index is 0.000000493. The fourth-order valence-corrected chi connectivity index (χ4v) is 6.19. The Morgan fingerprint density at radius 2 is 1.84 bits per heavy atom. The van der Waals surface area contributed by atoms with Crippen LogP contribution >= 0.6 is 0 Å². The minimum absolute atomic E-state index is 0.143. The SMILES string of the molecule is Cc1onc(C(C)C)c1-c1cc(F)ccc1Nc1cncnc1N1CC2(CN(CC3CCOCC3)C2)C1.O=C(O)C(F)(F)F. The molecule has 0 atom stereocenters. The predicted molar refractivity (Wildman–Crippen MR) is 154 cm³/mol. The first-order chi connectivity index (χ1) is 20.8. The van der Waals surface area contributed by atoms with Crippen LogP contribution in [0.2, 0.25) is 0 Å². The Labute approximate surface area is 252 Å². The van der Waals surface area contributed by atoms with Crippen LogP contribution in [0.4, 0.5) is 34.8 Å². The minimum atomic E-state index is -5.08. The molecule has 3 saturated heterocycles. The van der Waals surface area contributed by atoms with Crippen molar-refractivity contribution in [2.45, 2.75) is 45.7 Å². The molecule has 2 aromatic heterocycles. The van der Waals surface area contributed by atoms with Crippen molar-refractivity contribution in [2.24, 2.45) is 11.3 Å². The number of likely N-dealkylation sites (tertiary alicyclic amines) is 1. The van der Waals surface area contributed by atoms with Crippen LogP contribution in [0.1, 0.15) is 44.1 Å². The van der Waals surface area contributed by atoms with E-state index in [1.807, 2.05) is 6.92 Å². The topological polar surface area (TPSA) is 117 Å². The highest BCUT2D eigenvalue weighted by atomic mass is 19.4. The lowest BCUT2D eigenvalue weighted by Crippen LogP contribution is -2.72. The minimum Gasteiger partial charge on any atom is -0.475 e. The van der Waals surface area contributed by atoms with E-state index >= 15 is 0 Å². The summed E-state index contributed by atoms with van der Waals surface area (Å²) < 4.78 is 57.1. The second-order valence-electron chi connectivity index (χ2n) is 12.1. The molecule has 1 spiro atoms. The Morgan fingerprint density at radius 1 is 1.16 bits per heavy atom. The molecular formula is C30H36F4N6O4. The molecule has 44 heavy (non-hydrogen) atoms. The van der Waals surface area contributed by atoms with Crippen molar-refractivity contribution in [1.29, 1.82) is 0 Å². The van der Waals surface area contributed by atoms with Crippen LogP contribution in [0.25, 0.3) is 11.1 Å². The number of nitrogens with one attached hydrogen (secondary N) is 1. The van der Waals surface area contributed by atoms with Gasteiger partial charge in [0.1, 0.15) is 23.6 Å². The van der Waals surface area contributed by atoms with Gasteiger partial charge in [-0.05, 0) is 49.8 Å². The maximum absolute atomic E-state index is 14.4. The summed E-state index contributed by atoms with van der Waals surface area (Å²) in [5.74, 6) is -0.597. The number of aromatic nitrogens is 3. The second-order valence-corrected chi connectivity index (χ2v) is 12.1. The molecule has 5 heterocycles. The Hall–Kier alpha value is -3.78. The molecule has 0 aliphatic carbocycles. The Bertz CT molecular complexity index is 1460. The van der Waals surface area contributed by atoms with Crippen LogP contribution in [0.3, 0.4) is 0 Å². The standard InChI is InChI=1S/C28H35FN6O2.C2HF3O2/c1-18(2)26-25(19(3)37-33-26)22-10-21(29)4-5-23(22)32-24-11-30-17-31-27(24)35-15-28(16-35)13-34(14-28)12-20-6-8-36-9-7-20;3-2(4,5)1(6)7/h4-5,10-11,17-18,20,32H,6-9,12-16H2,1-3H3;(H,6,7). The van der Waals surface area contributed by atoms with Gasteiger partial charge in [-0.15, -0.1) is 0 Å². The molecular weight excluding hydrogens is 584 g/mol. The number of aliphatic carboxylic acids is 1. The molecule has 14 heteroatoms. The molecule has 3 fully saturated rings. The summed E-state index contributed by atoms with van der Waals surface area (Å²) in [5, 5.41) is 14.9. The summed E-state index contributed by atoms with van der Waals surface area (Å²) in [6.45, 7) is 13.3. The summed E-state index contributed by atoms with van der Waals surface area (Å²) in [4.78, 5) is 22.7. The number of hydrogen-bond acceptors (Lipinski definition) is 9. The molecule has 238 valence electrons. The zero-order chi connectivity index (χ0) is 31.6. The maximum Gasteiger partial charge on any atom is 0.490 e. The summed E-state index contributed by atoms with van der Waals surface area (Å²) in [6.07, 6.45) is 0.674. The molecule has 0 bridgehead atoms. The first-order valence-electron chi connectivity index (χ1n) is 14.5. The largest absolute Gasteiger partial charge is 0.490 e. The van der Waals surface area contributed by atoms with Crippen molar-refractivity contribution >= 4 is 23.2 Å². The van der Waals surface area contributed by atoms with Gasteiger partial charge in [-0.1, -0.05) is 19.0 Å². The van der Waals surface area contributed by atoms with Crippen LogP contribution < -0.4 is 10.2 Å². The number of nitrogens with zero attached hydrogens (tertiary/aromatic N) is 5. The van der Waals surface area contributed by atoms with Crippen LogP contribution in [-0.2, 0) is 9.53 Å². The van der Waals surface area contributed by atoms with Gasteiger partial charge in [0.25, 0.3) is 0 Å². The number of carbonyl (C=O) groups is 1. The monoisotopic (exact) mass is 620 g/mol. The lowest BCUT2D eigenvalue weighted by atomic mass is 9.72. The molecule has 0 unspecified atom stereocenters. The molecule has 0 amide bonds. The predicted octanol–water partition coefficient (Wildman–Crippen LogP) is 5.63. The van der Waals surface area contributed by atoms with Gasteiger partial charge in [-0.3, -0.25) is 0 Å². The van der Waals surface area contributed by atoms with Crippen molar-refractivity contribution < 1.29 is 36.7 Å². The summed E-state index contributed by atoms with van der Waals surface area (Å²) in [7, 11) is 0. The Morgan fingerprint density at radius 3 is 2.48 bits per heavy atom. The highest BCUT2D eigenvalue weighted by molar-refractivity contribution is 5.85. The van der Waals surface area contributed by atoms with Crippen LogP contribution in [0, 0.1) is 24.1 Å². The molecule has 3 aromatic rings. The van der Waals surface area contributed by atoms with E-state index < -0.39 is 12.1 Å². The highest BCUT2D eigenvalue weighted by Crippen LogP contribution is 2.45. The van der Waals surface area contributed by atoms with Crippen molar-refractivity contribution in [1.82, 2.24) is 20.0 Å². The first kappa shape index (κ1) is 31.6. The van der Waals surface area contributed by atoms with E-state index in [0.717, 1.165) is 79.3 Å². The van der Waals surface area contributed by atoms with Crippen LogP contribution in [-0.4, -0.2) is 83.2 Å². The Kier molecular flexibility index (Phi) is 9.12. The van der Waals surface area contributed by atoms with E-state index in [9.17, 15) is 17.6 Å². The van der Waals surface area contributed by atoms with Gasteiger partial charge in [-0.25, -0.2) is 19.2 Å². The van der Waals surface area contributed by atoms with Gasteiger partial charge in [0, 0.05) is 68.2 Å². The molecule has 6 rings (SSSR count). The van der Waals surface area contributed by atoms with E-state index in [4.69, 9.17) is 19.2 Å². The van der Waals surface area contributed by atoms with E-state index in [2.05, 4.69) is 44.1 Å². The van der Waals surface area contributed by atoms with Gasteiger partial charge < -0.3 is 29.5 Å². The van der Waals surface area contributed by atoms with E-state index in [-0.39, 0.29) is 11.7 Å². The zero-order valence-corrected chi connectivity index (χ0v) is 24.8. The number of halogens is 4. The number of aryl methyl sites for hydroxylation is 1. The number of carboxylic acid groups (broad SMARTS) is 1. The van der Waals surface area contributed by atoms with Gasteiger partial charge >= 0.3 is 12.1 Å². The number of carboxylic acids is 1. The average molecular weight is 621 g/mol. The molecule has 10 nitrogen and oxygen atoms in total. The fraction of sp³-hybridized carbons (Fsp3) is 0.533. The fourth-order valence-electron chi connectivity index (χ4n) is 6.19. The van der Waals surface area contributed by atoms with Crippen LogP contribution in [0.5, 0.6) is 0 Å². The lowest BCUT2D eigenvalue weighted by Gasteiger charge is -2.61. The van der Waals surface area contributed by atoms with Gasteiger partial charge in [0.2, 0.25) is 0 Å². The molecule has 3 aliphatic heterocycles. The summed E-state index contributed by atoms with van der Waals surface area (Å²) in [5.41, 5.74) is 4.31. The smallest absolute Gasteiger partial charge is 0.475 e. The molecule has 0 saturated carbocycles. The number of rotatable bonds is 7. The van der Waals surface area contributed by atoms with Gasteiger partial charge in [0.05, 0.1) is 11.9 Å². The van der Waals surface area contributed by atoms with E-state index in [0.29, 0.717) is 11.2 Å². The summed E-state index contributed by atoms with van der Waals surface area (Å²) in [6, 6.07) is 4.76. The normalized spacial score (nSPS) is 18.4. The van der Waals surface area contributed by atoms with Crippen molar-refractivity contribution in [2.75, 3.05) is 56.2 Å². The zero-order valence-electron chi connectivity index (χ0n) is 24.8. The third-order valence-electron chi connectivity index (χ3n) is 8.22. The first-order valence-corrected chi connectivity index (χ1v) is 14.5. The number of anilines is 3. The van der Waals surface area contributed by atoms with Crippen molar-refractivity contribution in [3.63, 3.8) is 0 Å². The quantitative estimate of drug-likeness (QED) is 0.322. The van der Waals surface area contributed by atoms with Crippen molar-refractivity contribution in [3.8, 4) is 11.1 Å². The maximum atomic E-state index is 14.4. The van der Waals surface area contributed by atoms with E-state index in [1.54, 1.807) is 18.6 Å². The molecule has 1 aromatic carbocycles. The number of alkyl halides is 3. The highest BCUT2D eigenvalue weighted by Gasteiger charge is 2.52.